The molecule has 1 aliphatic rings. The van der Waals surface area contributed by atoms with Crippen LogP contribution in [0.3, 0.4) is 0 Å². The van der Waals surface area contributed by atoms with E-state index in [1.807, 2.05) is 31.6 Å². The van der Waals surface area contributed by atoms with Gasteiger partial charge in [0.05, 0.1) is 29.5 Å². The molecule has 96 valence electrons. The summed E-state index contributed by atoms with van der Waals surface area (Å²) < 4.78 is 2.14. The first-order chi connectivity index (χ1) is 8.79. The number of imidazole rings is 1. The molecule has 1 fully saturated rings. The molecular formula is C14H19N3O. The topological polar surface area (TPSA) is 50.1 Å². The van der Waals surface area contributed by atoms with Crippen molar-refractivity contribution in [2.45, 2.75) is 24.9 Å². The van der Waals surface area contributed by atoms with Gasteiger partial charge >= 0.3 is 0 Å². The third kappa shape index (κ3) is 1.82. The number of hydrogen-bond donors (Lipinski definition) is 2. The lowest BCUT2D eigenvalue weighted by atomic mass is 9.94. The van der Waals surface area contributed by atoms with Crippen molar-refractivity contribution in [1.29, 1.82) is 0 Å². The average Bonchev–Trinajstić information content (AvgIpc) is 3.20. The van der Waals surface area contributed by atoms with Gasteiger partial charge in [0, 0.05) is 6.54 Å². The fraction of sp³-hybridized carbons (Fsp3) is 0.500. The van der Waals surface area contributed by atoms with Crippen LogP contribution in [0.15, 0.2) is 30.6 Å². The standard InChI is InChI=1S/C14H19N3O/c1-15-14(9-18,11-6-7-11)8-17-10-16-12-4-2-3-5-13(12)17/h2-5,10-11,15,18H,6-9H2,1H3. The van der Waals surface area contributed by atoms with Crippen molar-refractivity contribution in [3.05, 3.63) is 30.6 Å². The molecule has 0 radical (unpaired) electrons. The molecule has 4 nitrogen and oxygen atoms in total. The van der Waals surface area contributed by atoms with Crippen molar-refractivity contribution < 1.29 is 5.11 Å². The highest BCUT2D eigenvalue weighted by Gasteiger charge is 2.44. The van der Waals surface area contributed by atoms with Crippen LogP contribution in [0.1, 0.15) is 12.8 Å². The van der Waals surface area contributed by atoms with E-state index in [4.69, 9.17) is 0 Å². The Morgan fingerprint density at radius 3 is 2.89 bits per heavy atom. The summed E-state index contributed by atoms with van der Waals surface area (Å²) in [5.41, 5.74) is 1.94. The predicted octanol–water partition coefficient (Wildman–Crippen LogP) is 1.40. The molecule has 2 N–H and O–H groups in total. The Morgan fingerprint density at radius 2 is 2.22 bits per heavy atom. The van der Waals surface area contributed by atoms with E-state index in [-0.39, 0.29) is 12.1 Å². The lowest BCUT2D eigenvalue weighted by Gasteiger charge is -2.32. The Hall–Kier alpha value is -1.39. The third-order valence-electron chi connectivity index (χ3n) is 4.12. The lowest BCUT2D eigenvalue weighted by molar-refractivity contribution is 0.131. The summed E-state index contributed by atoms with van der Waals surface area (Å²) >= 11 is 0. The molecule has 0 bridgehead atoms. The number of hydrogen-bond acceptors (Lipinski definition) is 3. The van der Waals surface area contributed by atoms with Gasteiger partial charge in [-0.3, -0.25) is 0 Å². The minimum Gasteiger partial charge on any atom is -0.394 e. The molecular weight excluding hydrogens is 226 g/mol. The summed E-state index contributed by atoms with van der Waals surface area (Å²) in [6.45, 7) is 0.936. The third-order valence-corrected chi connectivity index (χ3v) is 4.12. The molecule has 0 saturated heterocycles. The van der Waals surface area contributed by atoms with Crippen LogP contribution in [0, 0.1) is 5.92 Å². The smallest absolute Gasteiger partial charge is 0.0958 e. The Bertz CT molecular complexity index is 541. The van der Waals surface area contributed by atoms with Crippen LogP contribution >= 0.6 is 0 Å². The minimum atomic E-state index is -0.205. The van der Waals surface area contributed by atoms with Crippen molar-refractivity contribution in [2.24, 2.45) is 5.92 Å². The van der Waals surface area contributed by atoms with Crippen LogP contribution in [-0.2, 0) is 6.54 Å². The number of aliphatic hydroxyl groups is 1. The van der Waals surface area contributed by atoms with Crippen LogP contribution in [-0.4, -0.2) is 33.9 Å². The first kappa shape index (κ1) is 11.7. The maximum atomic E-state index is 9.76. The summed E-state index contributed by atoms with van der Waals surface area (Å²) in [6.07, 6.45) is 4.27. The summed E-state index contributed by atoms with van der Waals surface area (Å²) in [5.74, 6) is 0.577. The molecule has 0 amide bonds. The van der Waals surface area contributed by atoms with Crippen LogP contribution < -0.4 is 5.32 Å². The number of nitrogens with zero attached hydrogens (tertiary/aromatic N) is 2. The number of aromatic nitrogens is 2. The normalized spacial score (nSPS) is 19.0. The van der Waals surface area contributed by atoms with Crippen molar-refractivity contribution in [2.75, 3.05) is 13.7 Å². The maximum absolute atomic E-state index is 9.76. The Morgan fingerprint density at radius 1 is 1.44 bits per heavy atom. The second-order valence-electron chi connectivity index (χ2n) is 5.20. The van der Waals surface area contributed by atoms with Gasteiger partial charge in [-0.15, -0.1) is 0 Å². The molecule has 1 atom stereocenters. The van der Waals surface area contributed by atoms with E-state index in [2.05, 4.69) is 20.9 Å². The van der Waals surface area contributed by atoms with Gasteiger partial charge in [0.25, 0.3) is 0 Å². The van der Waals surface area contributed by atoms with E-state index in [1.165, 1.54) is 12.8 Å². The Labute approximate surface area is 107 Å². The molecule has 1 aliphatic carbocycles. The number of nitrogens with one attached hydrogen (secondary N) is 1. The van der Waals surface area contributed by atoms with Gasteiger partial charge in [-0.2, -0.15) is 0 Å². The maximum Gasteiger partial charge on any atom is 0.0958 e. The molecule has 1 aromatic carbocycles. The van der Waals surface area contributed by atoms with Gasteiger partial charge in [-0.25, -0.2) is 4.98 Å². The van der Waals surface area contributed by atoms with E-state index in [0.29, 0.717) is 5.92 Å². The van der Waals surface area contributed by atoms with Crippen molar-refractivity contribution >= 4 is 11.0 Å². The highest BCUT2D eigenvalue weighted by Crippen LogP contribution is 2.40. The summed E-state index contributed by atoms with van der Waals surface area (Å²) in [5, 5.41) is 13.1. The second kappa shape index (κ2) is 4.37. The summed E-state index contributed by atoms with van der Waals surface area (Å²) in [6, 6.07) is 8.12. The Kier molecular flexibility index (Phi) is 2.84. The largest absolute Gasteiger partial charge is 0.394 e. The number of likely N-dealkylation sites (N-methyl/N-ethyl adjacent to an activating group) is 1. The van der Waals surface area contributed by atoms with Crippen molar-refractivity contribution in [3.8, 4) is 0 Å². The zero-order valence-electron chi connectivity index (χ0n) is 10.6. The van der Waals surface area contributed by atoms with Gasteiger partial charge in [-0.1, -0.05) is 12.1 Å². The molecule has 1 aromatic heterocycles. The number of benzene rings is 1. The van der Waals surface area contributed by atoms with Crippen LogP contribution in [0.2, 0.25) is 0 Å². The number of para-hydroxylation sites is 2. The van der Waals surface area contributed by atoms with E-state index in [9.17, 15) is 5.11 Å². The first-order valence-corrected chi connectivity index (χ1v) is 6.49. The van der Waals surface area contributed by atoms with Crippen LogP contribution in [0.25, 0.3) is 11.0 Å². The number of rotatable bonds is 5. The SMILES string of the molecule is CNC(CO)(Cn1cnc2ccccc21)C1CC1. The molecule has 1 unspecified atom stereocenters. The first-order valence-electron chi connectivity index (χ1n) is 6.49. The Balaban J connectivity index is 1.95. The van der Waals surface area contributed by atoms with Gasteiger partial charge in [0.1, 0.15) is 0 Å². The van der Waals surface area contributed by atoms with Gasteiger partial charge in [0.2, 0.25) is 0 Å². The van der Waals surface area contributed by atoms with E-state index < -0.39 is 0 Å². The molecule has 1 heterocycles. The quantitative estimate of drug-likeness (QED) is 0.837. The van der Waals surface area contributed by atoms with Crippen molar-refractivity contribution in [1.82, 2.24) is 14.9 Å². The molecule has 2 aromatic rings. The minimum absolute atomic E-state index is 0.167. The molecule has 1 saturated carbocycles. The highest BCUT2D eigenvalue weighted by atomic mass is 16.3. The van der Waals surface area contributed by atoms with Crippen LogP contribution in [0.4, 0.5) is 0 Å². The van der Waals surface area contributed by atoms with Crippen molar-refractivity contribution in [3.63, 3.8) is 0 Å². The summed E-state index contributed by atoms with van der Waals surface area (Å²) in [7, 11) is 1.94. The van der Waals surface area contributed by atoms with Gasteiger partial charge in [0.15, 0.2) is 0 Å². The molecule has 3 rings (SSSR count). The highest BCUT2D eigenvalue weighted by molar-refractivity contribution is 5.74. The fourth-order valence-corrected chi connectivity index (χ4v) is 2.75. The van der Waals surface area contributed by atoms with E-state index >= 15 is 0 Å². The van der Waals surface area contributed by atoms with Gasteiger partial charge < -0.3 is 15.0 Å². The molecule has 0 aliphatic heterocycles. The van der Waals surface area contributed by atoms with Crippen LogP contribution in [0.5, 0.6) is 0 Å². The molecule has 4 heteroatoms. The molecule has 18 heavy (non-hydrogen) atoms. The summed E-state index contributed by atoms with van der Waals surface area (Å²) in [4.78, 5) is 4.40. The zero-order valence-corrected chi connectivity index (χ0v) is 10.6. The lowest BCUT2D eigenvalue weighted by Crippen LogP contribution is -2.52. The second-order valence-corrected chi connectivity index (χ2v) is 5.20. The fourth-order valence-electron chi connectivity index (χ4n) is 2.75. The van der Waals surface area contributed by atoms with E-state index in [0.717, 1.165) is 17.6 Å². The van der Waals surface area contributed by atoms with Gasteiger partial charge in [-0.05, 0) is 37.9 Å². The average molecular weight is 245 g/mol. The predicted molar refractivity (Wildman–Crippen MR) is 71.3 cm³/mol. The number of fused-ring (bicyclic) bond motifs is 1. The van der Waals surface area contributed by atoms with E-state index in [1.54, 1.807) is 0 Å². The zero-order chi connectivity index (χ0) is 12.6. The number of aliphatic hydroxyl groups excluding tert-OH is 1. The monoisotopic (exact) mass is 245 g/mol. The molecule has 0 spiro atoms.